The van der Waals surface area contributed by atoms with E-state index in [0.717, 1.165) is 12.1 Å². The van der Waals surface area contributed by atoms with Crippen molar-refractivity contribution in [3.63, 3.8) is 0 Å². The lowest BCUT2D eigenvalue weighted by Crippen LogP contribution is -2.51. The molecule has 4 nitrogen and oxygen atoms in total. The first-order valence-corrected chi connectivity index (χ1v) is 13.1. The van der Waals surface area contributed by atoms with Gasteiger partial charge in [-0.15, -0.1) is 0 Å². The Hall–Kier alpha value is 0.274. The lowest BCUT2D eigenvalue weighted by Gasteiger charge is -2.38. The predicted molar refractivity (Wildman–Crippen MR) is 97.8 cm³/mol. The average molecular weight is 351 g/mol. The zero-order valence-electron chi connectivity index (χ0n) is 16.0. The van der Waals surface area contributed by atoms with Crippen molar-refractivity contribution in [1.82, 2.24) is 0 Å². The van der Waals surface area contributed by atoms with Gasteiger partial charge in [-0.25, -0.2) is 0 Å². The van der Waals surface area contributed by atoms with Crippen LogP contribution in [0.4, 0.5) is 0 Å². The van der Waals surface area contributed by atoms with E-state index in [2.05, 4.69) is 55.4 Å². The summed E-state index contributed by atoms with van der Waals surface area (Å²) in [7, 11) is -4.42. The third-order valence-electron chi connectivity index (χ3n) is 4.14. The van der Waals surface area contributed by atoms with Crippen LogP contribution >= 0.6 is 0 Å². The first kappa shape index (κ1) is 22.3. The number of hydrogen-bond acceptors (Lipinski definition) is 4. The van der Waals surface area contributed by atoms with Gasteiger partial charge in [-0.3, -0.25) is 0 Å². The Kier molecular flexibility index (Phi) is 11.1. The van der Waals surface area contributed by atoms with Crippen molar-refractivity contribution in [2.75, 3.05) is 26.4 Å². The van der Waals surface area contributed by atoms with E-state index in [1.165, 1.54) is 0 Å². The van der Waals surface area contributed by atoms with Crippen LogP contribution in [-0.2, 0) is 17.7 Å². The van der Waals surface area contributed by atoms with Gasteiger partial charge in [-0.2, -0.15) is 0 Å². The fraction of sp³-hybridized carbons (Fsp3) is 1.00. The molecule has 0 bridgehead atoms. The van der Waals surface area contributed by atoms with E-state index in [0.29, 0.717) is 37.5 Å². The highest BCUT2D eigenvalue weighted by atomic mass is 28.4. The van der Waals surface area contributed by atoms with Crippen LogP contribution in [0.25, 0.3) is 0 Å². The molecule has 0 spiro atoms. The van der Waals surface area contributed by atoms with Gasteiger partial charge >= 0.3 is 17.1 Å². The highest BCUT2D eigenvalue weighted by Crippen LogP contribution is 2.36. The van der Waals surface area contributed by atoms with Gasteiger partial charge in [0.25, 0.3) is 0 Å². The Balaban J connectivity index is 5.23. The minimum Gasteiger partial charge on any atom is -0.394 e. The smallest absolute Gasteiger partial charge is 0.340 e. The molecule has 0 aliphatic rings. The van der Waals surface area contributed by atoms with E-state index < -0.39 is 17.1 Å². The Bertz CT molecular complexity index is 245. The molecule has 22 heavy (non-hydrogen) atoms. The van der Waals surface area contributed by atoms with Crippen molar-refractivity contribution in [3.05, 3.63) is 0 Å². The zero-order valence-corrected chi connectivity index (χ0v) is 18.0. The van der Waals surface area contributed by atoms with Gasteiger partial charge in [0.05, 0.1) is 0 Å². The highest BCUT2D eigenvalue weighted by Gasteiger charge is 2.47. The Morgan fingerprint density at radius 1 is 0.545 bits per heavy atom. The summed E-state index contributed by atoms with van der Waals surface area (Å²) < 4.78 is 24.8. The molecular formula is C16H38O4Si2. The van der Waals surface area contributed by atoms with E-state index in [9.17, 15) is 0 Å². The fourth-order valence-corrected chi connectivity index (χ4v) is 10.9. The molecular weight excluding hydrogens is 312 g/mol. The number of hydrogen-bond donors (Lipinski definition) is 0. The summed E-state index contributed by atoms with van der Waals surface area (Å²) in [6, 6.07) is 1.91. The summed E-state index contributed by atoms with van der Waals surface area (Å²) in [5, 5.41) is 0. The van der Waals surface area contributed by atoms with Gasteiger partial charge in [0.2, 0.25) is 0 Å². The van der Waals surface area contributed by atoms with Crippen LogP contribution in [0.2, 0.25) is 23.2 Å². The first-order valence-electron chi connectivity index (χ1n) is 8.89. The average Bonchev–Trinajstić information content (AvgIpc) is 2.44. The van der Waals surface area contributed by atoms with Gasteiger partial charge in [0.15, 0.2) is 0 Å². The molecule has 0 saturated carbocycles. The molecule has 0 atom stereocenters. The minimum absolute atomic E-state index is 0.425. The van der Waals surface area contributed by atoms with Crippen molar-refractivity contribution in [2.24, 2.45) is 0 Å². The summed E-state index contributed by atoms with van der Waals surface area (Å²) in [6.07, 6.45) is 0. The maximum Gasteiger partial charge on any atom is 0.340 e. The lowest BCUT2D eigenvalue weighted by atomic mass is 10.6. The van der Waals surface area contributed by atoms with E-state index in [-0.39, 0.29) is 0 Å². The lowest BCUT2D eigenvalue weighted by molar-refractivity contribution is 0.163. The van der Waals surface area contributed by atoms with E-state index in [1.54, 1.807) is 0 Å². The topological polar surface area (TPSA) is 36.9 Å². The standard InChI is InChI=1S/C16H38O4Si2/c1-9-17-21(15(5)6,18-10-2)13-14-22(16(7)8,19-11-3)20-12-4/h15-16H,9-14H2,1-8H3. The molecule has 0 unspecified atom stereocenters. The molecule has 0 saturated heterocycles. The van der Waals surface area contributed by atoms with Crippen molar-refractivity contribution < 1.29 is 17.7 Å². The summed E-state index contributed by atoms with van der Waals surface area (Å²) in [4.78, 5) is 0. The van der Waals surface area contributed by atoms with Gasteiger partial charge in [-0.1, -0.05) is 27.7 Å². The summed E-state index contributed by atoms with van der Waals surface area (Å²) in [6.45, 7) is 20.0. The molecule has 0 amide bonds. The van der Waals surface area contributed by atoms with Gasteiger partial charge in [0, 0.05) is 26.4 Å². The SMILES string of the molecule is CCO[Si](CC[Si](OCC)(OCC)C(C)C)(OCC)C(C)C. The van der Waals surface area contributed by atoms with E-state index in [1.807, 2.05) is 0 Å². The molecule has 0 radical (unpaired) electrons. The van der Waals surface area contributed by atoms with Crippen LogP contribution < -0.4 is 0 Å². The Labute approximate surface area is 140 Å². The minimum atomic E-state index is -2.21. The Morgan fingerprint density at radius 2 is 0.773 bits per heavy atom. The maximum absolute atomic E-state index is 6.19. The molecule has 0 aromatic carbocycles. The second-order valence-electron chi connectivity index (χ2n) is 6.17. The van der Waals surface area contributed by atoms with Crippen LogP contribution in [0.3, 0.4) is 0 Å². The highest BCUT2D eigenvalue weighted by molar-refractivity contribution is 6.74. The molecule has 134 valence electrons. The normalized spacial score (nSPS) is 13.4. The van der Waals surface area contributed by atoms with Gasteiger partial charge in [0.1, 0.15) is 0 Å². The summed E-state index contributed by atoms with van der Waals surface area (Å²) in [5.74, 6) is 0. The molecule has 0 fully saturated rings. The van der Waals surface area contributed by atoms with Crippen molar-refractivity contribution in [2.45, 2.75) is 78.6 Å². The number of rotatable bonds is 13. The molecule has 0 heterocycles. The van der Waals surface area contributed by atoms with Crippen molar-refractivity contribution >= 4 is 17.1 Å². The van der Waals surface area contributed by atoms with Gasteiger partial charge in [-0.05, 0) is 50.9 Å². The van der Waals surface area contributed by atoms with Crippen LogP contribution in [0, 0.1) is 0 Å². The van der Waals surface area contributed by atoms with E-state index in [4.69, 9.17) is 17.7 Å². The third kappa shape index (κ3) is 6.05. The molecule has 0 rings (SSSR count). The van der Waals surface area contributed by atoms with Crippen LogP contribution in [0.1, 0.15) is 55.4 Å². The summed E-state index contributed by atoms with van der Waals surface area (Å²) in [5.41, 5.74) is 0.851. The molecule has 6 heteroatoms. The van der Waals surface area contributed by atoms with Crippen LogP contribution in [0.15, 0.2) is 0 Å². The summed E-state index contributed by atoms with van der Waals surface area (Å²) >= 11 is 0. The van der Waals surface area contributed by atoms with Crippen molar-refractivity contribution in [3.8, 4) is 0 Å². The molecule has 0 N–H and O–H groups in total. The van der Waals surface area contributed by atoms with Gasteiger partial charge < -0.3 is 17.7 Å². The van der Waals surface area contributed by atoms with Crippen LogP contribution in [-0.4, -0.2) is 43.5 Å². The fourth-order valence-electron chi connectivity index (χ4n) is 2.94. The molecule has 0 aromatic rings. The quantitative estimate of drug-likeness (QED) is 0.446. The Morgan fingerprint density at radius 3 is 0.909 bits per heavy atom. The zero-order chi connectivity index (χ0) is 17.2. The largest absolute Gasteiger partial charge is 0.394 e. The first-order chi connectivity index (χ1) is 10.3. The van der Waals surface area contributed by atoms with Crippen molar-refractivity contribution in [1.29, 1.82) is 0 Å². The van der Waals surface area contributed by atoms with E-state index >= 15 is 0 Å². The third-order valence-corrected chi connectivity index (χ3v) is 13.2. The molecule has 0 aromatic heterocycles. The van der Waals surface area contributed by atoms with Crippen LogP contribution in [0.5, 0.6) is 0 Å². The molecule has 0 aliphatic heterocycles. The predicted octanol–water partition coefficient (Wildman–Crippen LogP) is 4.84. The second-order valence-corrected chi connectivity index (χ2v) is 13.9. The molecule has 0 aliphatic carbocycles. The monoisotopic (exact) mass is 350 g/mol. The maximum atomic E-state index is 6.19. The second kappa shape index (κ2) is 10.9.